The van der Waals surface area contributed by atoms with E-state index >= 15 is 0 Å². The van der Waals surface area contributed by atoms with E-state index in [2.05, 4.69) is 11.1 Å². The van der Waals surface area contributed by atoms with Crippen LogP contribution in [0.25, 0.3) is 0 Å². The van der Waals surface area contributed by atoms with Crippen LogP contribution in [0.4, 0.5) is 0 Å². The zero-order chi connectivity index (χ0) is 16.1. The molecule has 1 saturated heterocycles. The van der Waals surface area contributed by atoms with Crippen LogP contribution in [-0.4, -0.2) is 35.0 Å². The van der Waals surface area contributed by atoms with Crippen molar-refractivity contribution in [3.8, 4) is 0 Å². The molecule has 122 valence electrons. The highest BCUT2D eigenvalue weighted by Crippen LogP contribution is 2.18. The second-order valence-corrected chi connectivity index (χ2v) is 7.01. The van der Waals surface area contributed by atoms with Gasteiger partial charge in [-0.3, -0.25) is 9.78 Å². The fourth-order valence-corrected chi connectivity index (χ4v) is 3.49. The van der Waals surface area contributed by atoms with Gasteiger partial charge in [-0.2, -0.15) is 0 Å². The van der Waals surface area contributed by atoms with E-state index < -0.39 is 0 Å². The van der Waals surface area contributed by atoms with Gasteiger partial charge in [-0.1, -0.05) is 12.1 Å². The molecule has 0 bridgehead atoms. The quantitative estimate of drug-likeness (QED) is 0.817. The molecule has 0 aliphatic carbocycles. The summed E-state index contributed by atoms with van der Waals surface area (Å²) < 4.78 is 5.72. The van der Waals surface area contributed by atoms with Gasteiger partial charge < -0.3 is 9.64 Å². The number of aryl methyl sites for hydroxylation is 1. The minimum atomic E-state index is 0.138. The lowest BCUT2D eigenvalue weighted by molar-refractivity contribution is -0.132. The van der Waals surface area contributed by atoms with E-state index in [0.717, 1.165) is 30.7 Å². The second-order valence-electron chi connectivity index (χ2n) is 5.97. The number of nitrogens with zero attached hydrogens (tertiary/aromatic N) is 2. The van der Waals surface area contributed by atoms with Gasteiger partial charge in [-0.25, -0.2) is 0 Å². The number of ether oxygens (including phenoxy) is 1. The van der Waals surface area contributed by atoms with Gasteiger partial charge in [0.2, 0.25) is 5.91 Å². The number of aromatic nitrogens is 1. The molecule has 4 nitrogen and oxygen atoms in total. The first kappa shape index (κ1) is 16.1. The molecule has 1 atom stereocenters. The van der Waals surface area contributed by atoms with Crippen LogP contribution >= 0.6 is 11.3 Å². The van der Waals surface area contributed by atoms with Crippen LogP contribution in [-0.2, 0) is 22.5 Å². The Hall–Kier alpha value is -1.72. The molecular weight excluding hydrogens is 308 g/mol. The average molecular weight is 330 g/mol. The maximum atomic E-state index is 12.8. The third-order valence-corrected chi connectivity index (χ3v) is 4.92. The summed E-state index contributed by atoms with van der Waals surface area (Å²) in [7, 11) is 0. The Bertz CT molecular complexity index is 619. The molecule has 2 aromatic heterocycles. The summed E-state index contributed by atoms with van der Waals surface area (Å²) in [5.41, 5.74) is 1.93. The number of pyridine rings is 1. The maximum Gasteiger partial charge on any atom is 0.227 e. The van der Waals surface area contributed by atoms with Crippen LogP contribution in [0, 0.1) is 6.92 Å². The molecule has 3 heterocycles. The van der Waals surface area contributed by atoms with Crippen LogP contribution in [0.15, 0.2) is 35.8 Å². The van der Waals surface area contributed by atoms with Gasteiger partial charge >= 0.3 is 0 Å². The molecule has 23 heavy (non-hydrogen) atoms. The largest absolute Gasteiger partial charge is 0.376 e. The predicted molar refractivity (Wildman–Crippen MR) is 91.4 cm³/mol. The molecule has 0 aromatic carbocycles. The first-order valence-corrected chi connectivity index (χ1v) is 8.92. The summed E-state index contributed by atoms with van der Waals surface area (Å²) in [6, 6.07) is 8.04. The number of carbonyl (C=O) groups is 1. The molecule has 1 fully saturated rings. The van der Waals surface area contributed by atoms with Crippen LogP contribution in [0.1, 0.15) is 29.0 Å². The van der Waals surface area contributed by atoms with Crippen LogP contribution in [0.5, 0.6) is 0 Å². The number of amides is 1. The lowest BCUT2D eigenvalue weighted by Gasteiger charge is -2.25. The van der Waals surface area contributed by atoms with Gasteiger partial charge in [0.25, 0.3) is 0 Å². The topological polar surface area (TPSA) is 42.4 Å². The van der Waals surface area contributed by atoms with E-state index in [1.807, 2.05) is 35.4 Å². The van der Waals surface area contributed by atoms with Crippen molar-refractivity contribution in [3.63, 3.8) is 0 Å². The highest BCUT2D eigenvalue weighted by Gasteiger charge is 2.23. The minimum Gasteiger partial charge on any atom is -0.376 e. The van der Waals surface area contributed by atoms with Gasteiger partial charge in [0, 0.05) is 29.9 Å². The van der Waals surface area contributed by atoms with Gasteiger partial charge in [0.15, 0.2) is 0 Å². The Labute approximate surface area is 141 Å². The molecule has 3 rings (SSSR count). The molecule has 0 saturated carbocycles. The smallest absolute Gasteiger partial charge is 0.227 e. The summed E-state index contributed by atoms with van der Waals surface area (Å²) in [6.45, 7) is 4.10. The average Bonchev–Trinajstić information content (AvgIpc) is 3.22. The number of rotatable bonds is 6. The van der Waals surface area contributed by atoms with Gasteiger partial charge in [0.05, 0.1) is 19.1 Å². The van der Waals surface area contributed by atoms with E-state index in [0.29, 0.717) is 19.5 Å². The van der Waals surface area contributed by atoms with Crippen molar-refractivity contribution in [2.75, 3.05) is 13.2 Å². The second kappa shape index (κ2) is 7.70. The SMILES string of the molecule is Cc1ccc(CC(=O)N(Cc2cccs2)CC2CCCO2)cn1. The first-order valence-electron chi connectivity index (χ1n) is 8.04. The molecule has 0 N–H and O–H groups in total. The third kappa shape index (κ3) is 4.62. The third-order valence-electron chi connectivity index (χ3n) is 4.06. The maximum absolute atomic E-state index is 12.8. The summed E-state index contributed by atoms with van der Waals surface area (Å²) in [4.78, 5) is 20.2. The molecule has 1 aliphatic rings. The summed E-state index contributed by atoms with van der Waals surface area (Å²) in [5.74, 6) is 0.138. The first-order chi connectivity index (χ1) is 11.2. The molecule has 2 aromatic rings. The monoisotopic (exact) mass is 330 g/mol. The summed E-state index contributed by atoms with van der Waals surface area (Å²) in [6.07, 6.45) is 4.50. The van der Waals surface area contributed by atoms with E-state index in [1.54, 1.807) is 17.5 Å². The van der Waals surface area contributed by atoms with Crippen molar-refractivity contribution >= 4 is 17.2 Å². The van der Waals surface area contributed by atoms with Crippen molar-refractivity contribution in [1.29, 1.82) is 0 Å². The van der Waals surface area contributed by atoms with Crippen molar-refractivity contribution in [3.05, 3.63) is 52.0 Å². The predicted octanol–water partition coefficient (Wildman–Crippen LogP) is 3.20. The highest BCUT2D eigenvalue weighted by atomic mass is 32.1. The van der Waals surface area contributed by atoms with Crippen LogP contribution < -0.4 is 0 Å². The van der Waals surface area contributed by atoms with E-state index in [4.69, 9.17) is 4.74 Å². The number of hydrogen-bond acceptors (Lipinski definition) is 4. The summed E-state index contributed by atoms with van der Waals surface area (Å²) in [5, 5.41) is 2.05. The fraction of sp³-hybridized carbons (Fsp3) is 0.444. The molecule has 1 amide bonds. The number of thiophene rings is 1. The van der Waals surface area contributed by atoms with Crippen molar-refractivity contribution in [1.82, 2.24) is 9.88 Å². The zero-order valence-electron chi connectivity index (χ0n) is 13.4. The lowest BCUT2D eigenvalue weighted by atomic mass is 10.1. The van der Waals surface area contributed by atoms with E-state index in [-0.39, 0.29) is 12.0 Å². The molecule has 1 unspecified atom stereocenters. The molecule has 5 heteroatoms. The summed E-state index contributed by atoms with van der Waals surface area (Å²) >= 11 is 1.69. The van der Waals surface area contributed by atoms with E-state index in [1.165, 1.54) is 4.88 Å². The lowest BCUT2D eigenvalue weighted by Crippen LogP contribution is -2.37. The minimum absolute atomic E-state index is 0.138. The van der Waals surface area contributed by atoms with Crippen LogP contribution in [0.2, 0.25) is 0 Å². The number of hydrogen-bond donors (Lipinski definition) is 0. The molecule has 1 aliphatic heterocycles. The Balaban J connectivity index is 1.67. The van der Waals surface area contributed by atoms with Gasteiger partial charge in [-0.15, -0.1) is 11.3 Å². The van der Waals surface area contributed by atoms with Crippen molar-refractivity contribution in [2.24, 2.45) is 0 Å². The van der Waals surface area contributed by atoms with Crippen LogP contribution in [0.3, 0.4) is 0 Å². The molecule has 0 spiro atoms. The van der Waals surface area contributed by atoms with Gasteiger partial charge in [0.1, 0.15) is 0 Å². The Morgan fingerprint density at radius 2 is 2.35 bits per heavy atom. The normalized spacial score (nSPS) is 17.3. The Morgan fingerprint density at radius 3 is 3.00 bits per heavy atom. The standard InChI is InChI=1S/C18H22N2O2S/c1-14-6-7-15(11-19-14)10-18(21)20(12-16-4-2-8-22-16)13-17-5-3-9-23-17/h3,5-7,9,11,16H,2,4,8,10,12-13H2,1H3. The number of carbonyl (C=O) groups excluding carboxylic acids is 1. The zero-order valence-corrected chi connectivity index (χ0v) is 14.2. The van der Waals surface area contributed by atoms with Gasteiger partial charge in [-0.05, 0) is 42.8 Å². The van der Waals surface area contributed by atoms with Crippen molar-refractivity contribution < 1.29 is 9.53 Å². The van der Waals surface area contributed by atoms with E-state index in [9.17, 15) is 4.79 Å². The highest BCUT2D eigenvalue weighted by molar-refractivity contribution is 7.09. The Morgan fingerprint density at radius 1 is 1.43 bits per heavy atom. The van der Waals surface area contributed by atoms with Crippen molar-refractivity contribution in [2.45, 2.75) is 38.8 Å². The Kier molecular flexibility index (Phi) is 5.41. The molecular formula is C18H22N2O2S. The fourth-order valence-electron chi connectivity index (χ4n) is 2.77. The molecule has 0 radical (unpaired) electrons.